The molecule has 0 radical (unpaired) electrons. The van der Waals surface area contributed by atoms with Crippen molar-refractivity contribution in [1.29, 1.82) is 0 Å². The largest absolute Gasteiger partial charge is 0.393 e. The molecule has 1 aliphatic carbocycles. The molecular weight excluding hydrogens is 288 g/mol. The second-order valence-electron chi connectivity index (χ2n) is 7.20. The molecule has 4 nitrogen and oxygen atoms in total. The van der Waals surface area contributed by atoms with Crippen LogP contribution in [-0.4, -0.2) is 42.1 Å². The average molecular weight is 318 g/mol. The van der Waals surface area contributed by atoms with Gasteiger partial charge in [0.2, 0.25) is 0 Å². The van der Waals surface area contributed by atoms with Gasteiger partial charge in [-0.15, -0.1) is 0 Å². The molecule has 0 aromatic heterocycles. The van der Waals surface area contributed by atoms with Gasteiger partial charge >= 0.3 is 0 Å². The van der Waals surface area contributed by atoms with Crippen LogP contribution < -0.4 is 10.2 Å². The zero-order valence-electron chi connectivity index (χ0n) is 14.1. The molecule has 3 rings (SSSR count). The zero-order chi connectivity index (χ0) is 16.2. The van der Waals surface area contributed by atoms with Crippen molar-refractivity contribution in [3.05, 3.63) is 29.8 Å². The number of hydrogen-bond donors (Lipinski definition) is 3. The SMILES string of the molecule is CC(NCC1CCCC1O)c1ccc(N2CCC(O)CC2)cc1. The highest BCUT2D eigenvalue weighted by Gasteiger charge is 2.25. The summed E-state index contributed by atoms with van der Waals surface area (Å²) in [5.41, 5.74) is 2.54. The molecule has 1 heterocycles. The third-order valence-electron chi connectivity index (χ3n) is 5.53. The number of nitrogens with one attached hydrogen (secondary N) is 1. The van der Waals surface area contributed by atoms with E-state index in [1.807, 2.05) is 0 Å². The van der Waals surface area contributed by atoms with Crippen LogP contribution in [-0.2, 0) is 0 Å². The highest BCUT2D eigenvalue weighted by Crippen LogP contribution is 2.26. The molecule has 128 valence electrons. The second-order valence-corrected chi connectivity index (χ2v) is 7.20. The fraction of sp³-hybridized carbons (Fsp3) is 0.684. The fourth-order valence-electron chi connectivity index (χ4n) is 3.80. The molecule has 2 fully saturated rings. The lowest BCUT2D eigenvalue weighted by molar-refractivity contribution is 0.130. The van der Waals surface area contributed by atoms with E-state index < -0.39 is 0 Å². The molecule has 4 heteroatoms. The van der Waals surface area contributed by atoms with Crippen LogP contribution in [0.15, 0.2) is 24.3 Å². The van der Waals surface area contributed by atoms with Gasteiger partial charge < -0.3 is 20.4 Å². The first-order chi connectivity index (χ1) is 11.1. The maximum Gasteiger partial charge on any atom is 0.0580 e. The van der Waals surface area contributed by atoms with Gasteiger partial charge in [0, 0.05) is 31.4 Å². The monoisotopic (exact) mass is 318 g/mol. The highest BCUT2D eigenvalue weighted by atomic mass is 16.3. The number of aliphatic hydroxyl groups excluding tert-OH is 2. The number of aliphatic hydroxyl groups is 2. The van der Waals surface area contributed by atoms with Crippen molar-refractivity contribution in [1.82, 2.24) is 5.32 Å². The molecule has 1 saturated carbocycles. The van der Waals surface area contributed by atoms with Gasteiger partial charge in [0.15, 0.2) is 0 Å². The Kier molecular flexibility index (Phi) is 5.57. The van der Waals surface area contributed by atoms with Crippen molar-refractivity contribution in [2.75, 3.05) is 24.5 Å². The van der Waals surface area contributed by atoms with Crippen LogP contribution in [0.5, 0.6) is 0 Å². The summed E-state index contributed by atoms with van der Waals surface area (Å²) in [5.74, 6) is 0.413. The number of anilines is 1. The molecule has 1 aromatic carbocycles. The molecule has 3 unspecified atom stereocenters. The summed E-state index contributed by atoms with van der Waals surface area (Å²) in [6, 6.07) is 9.08. The minimum Gasteiger partial charge on any atom is -0.393 e. The summed E-state index contributed by atoms with van der Waals surface area (Å²) in [5, 5.41) is 23.1. The van der Waals surface area contributed by atoms with Crippen LogP contribution in [0.1, 0.15) is 50.6 Å². The predicted molar refractivity (Wildman–Crippen MR) is 93.7 cm³/mol. The van der Waals surface area contributed by atoms with Crippen molar-refractivity contribution in [3.8, 4) is 0 Å². The summed E-state index contributed by atoms with van der Waals surface area (Å²) < 4.78 is 0. The number of hydrogen-bond acceptors (Lipinski definition) is 4. The molecule has 3 N–H and O–H groups in total. The molecule has 3 atom stereocenters. The molecule has 23 heavy (non-hydrogen) atoms. The topological polar surface area (TPSA) is 55.7 Å². The number of benzene rings is 1. The summed E-state index contributed by atoms with van der Waals surface area (Å²) in [6.45, 7) is 4.96. The minimum absolute atomic E-state index is 0.119. The van der Waals surface area contributed by atoms with Gasteiger partial charge in [-0.25, -0.2) is 0 Å². The van der Waals surface area contributed by atoms with Crippen LogP contribution in [0.4, 0.5) is 5.69 Å². The van der Waals surface area contributed by atoms with Gasteiger partial charge in [0.05, 0.1) is 12.2 Å². The third-order valence-corrected chi connectivity index (χ3v) is 5.53. The third kappa shape index (κ3) is 4.25. The Bertz CT molecular complexity index is 483. The molecule has 0 amide bonds. The van der Waals surface area contributed by atoms with Crippen LogP contribution in [0.25, 0.3) is 0 Å². The van der Waals surface area contributed by atoms with Crippen LogP contribution in [0, 0.1) is 5.92 Å². The molecular formula is C19H30N2O2. The molecule has 0 bridgehead atoms. The van der Waals surface area contributed by atoms with Gasteiger partial charge in [0.25, 0.3) is 0 Å². The summed E-state index contributed by atoms with van der Waals surface area (Å²) in [4.78, 5) is 2.35. The molecule has 1 aromatic rings. The summed E-state index contributed by atoms with van der Waals surface area (Å²) in [7, 11) is 0. The normalized spacial score (nSPS) is 27.3. The lowest BCUT2D eigenvalue weighted by Crippen LogP contribution is -2.35. The Hall–Kier alpha value is -1.10. The summed E-state index contributed by atoms with van der Waals surface area (Å²) >= 11 is 0. The first-order valence-corrected chi connectivity index (χ1v) is 9.08. The number of rotatable bonds is 5. The number of nitrogens with zero attached hydrogens (tertiary/aromatic N) is 1. The molecule has 0 spiro atoms. The lowest BCUT2D eigenvalue weighted by Gasteiger charge is -2.31. The van der Waals surface area contributed by atoms with Crippen LogP contribution in [0.2, 0.25) is 0 Å². The minimum atomic E-state index is -0.124. The van der Waals surface area contributed by atoms with Gasteiger partial charge in [-0.2, -0.15) is 0 Å². The Morgan fingerprint density at radius 2 is 1.78 bits per heavy atom. The van der Waals surface area contributed by atoms with E-state index in [2.05, 4.69) is 41.4 Å². The first-order valence-electron chi connectivity index (χ1n) is 9.08. The van der Waals surface area contributed by atoms with Gasteiger partial charge in [-0.05, 0) is 56.2 Å². The van der Waals surface area contributed by atoms with Crippen molar-refractivity contribution in [2.45, 2.75) is 57.3 Å². The molecule has 2 aliphatic rings. The Labute approximate surface area is 139 Å². The average Bonchev–Trinajstić information content (AvgIpc) is 2.99. The number of piperidine rings is 1. The van der Waals surface area contributed by atoms with Gasteiger partial charge in [-0.3, -0.25) is 0 Å². The van der Waals surface area contributed by atoms with E-state index in [0.717, 1.165) is 51.7 Å². The van der Waals surface area contributed by atoms with Crippen molar-refractivity contribution in [2.24, 2.45) is 5.92 Å². The maximum atomic E-state index is 9.91. The van der Waals surface area contributed by atoms with E-state index in [0.29, 0.717) is 12.0 Å². The van der Waals surface area contributed by atoms with Gasteiger partial charge in [-0.1, -0.05) is 18.6 Å². The molecule has 1 saturated heterocycles. The van der Waals surface area contributed by atoms with Crippen LogP contribution >= 0.6 is 0 Å². The van der Waals surface area contributed by atoms with Crippen molar-refractivity contribution < 1.29 is 10.2 Å². The van der Waals surface area contributed by atoms with E-state index >= 15 is 0 Å². The quantitative estimate of drug-likeness (QED) is 0.780. The smallest absolute Gasteiger partial charge is 0.0580 e. The first kappa shape index (κ1) is 16.7. The lowest BCUT2D eigenvalue weighted by atomic mass is 10.0. The van der Waals surface area contributed by atoms with E-state index in [9.17, 15) is 10.2 Å². The summed E-state index contributed by atoms with van der Waals surface area (Å²) in [6.07, 6.45) is 4.74. The van der Waals surface area contributed by atoms with E-state index in [4.69, 9.17) is 0 Å². The molecule has 1 aliphatic heterocycles. The van der Waals surface area contributed by atoms with Crippen LogP contribution in [0.3, 0.4) is 0 Å². The second kappa shape index (κ2) is 7.65. The van der Waals surface area contributed by atoms with E-state index in [-0.39, 0.29) is 12.2 Å². The fourth-order valence-corrected chi connectivity index (χ4v) is 3.80. The Morgan fingerprint density at radius 3 is 2.39 bits per heavy atom. The van der Waals surface area contributed by atoms with E-state index in [1.165, 1.54) is 11.3 Å². The maximum absolute atomic E-state index is 9.91. The standard InChI is InChI=1S/C19H30N2O2/c1-14(20-13-16-3-2-4-19(16)23)15-5-7-17(8-6-15)21-11-9-18(22)10-12-21/h5-8,14,16,18-20,22-23H,2-4,9-13H2,1H3. The highest BCUT2D eigenvalue weighted by molar-refractivity contribution is 5.48. The Balaban J connectivity index is 1.52. The zero-order valence-corrected chi connectivity index (χ0v) is 14.1. The van der Waals surface area contributed by atoms with Gasteiger partial charge in [0.1, 0.15) is 0 Å². The Morgan fingerprint density at radius 1 is 1.09 bits per heavy atom. The van der Waals surface area contributed by atoms with E-state index in [1.54, 1.807) is 0 Å². The predicted octanol–water partition coefficient (Wildman–Crippen LogP) is 2.46. The van der Waals surface area contributed by atoms with Crippen molar-refractivity contribution in [3.63, 3.8) is 0 Å². The van der Waals surface area contributed by atoms with Crippen molar-refractivity contribution >= 4 is 5.69 Å².